The number of hydrogen-bond acceptors (Lipinski definition) is 4. The van der Waals surface area contributed by atoms with Crippen molar-refractivity contribution < 1.29 is 19.1 Å². The molecule has 1 fully saturated rings. The summed E-state index contributed by atoms with van der Waals surface area (Å²) >= 11 is 0. The van der Waals surface area contributed by atoms with E-state index in [2.05, 4.69) is 11.9 Å². The van der Waals surface area contributed by atoms with Crippen LogP contribution in [-0.2, 0) is 9.47 Å². The number of nitrogens with one attached hydrogen (secondary N) is 1. The van der Waals surface area contributed by atoms with Gasteiger partial charge in [0.2, 0.25) is 0 Å². The Morgan fingerprint density at radius 1 is 1.67 bits per heavy atom. The van der Waals surface area contributed by atoms with Crippen LogP contribution in [0.2, 0.25) is 0 Å². The molecule has 1 N–H and O–H groups in total. The van der Waals surface area contributed by atoms with Gasteiger partial charge in [-0.3, -0.25) is 4.90 Å². The summed E-state index contributed by atoms with van der Waals surface area (Å²) < 4.78 is 9.93. The van der Waals surface area contributed by atoms with Crippen LogP contribution in [0.3, 0.4) is 0 Å². The van der Waals surface area contributed by atoms with Gasteiger partial charge in [-0.05, 0) is 20.8 Å². The number of carbonyl (C=O) groups excluding carboxylic acids is 2. The number of carbonyl (C=O) groups is 2. The predicted octanol–water partition coefficient (Wildman–Crippen LogP) is 1.52. The SMILES string of the molecule is C=CC(CNC(=O)OC(C)(C)C)N1CCOC1=O. The van der Waals surface area contributed by atoms with Gasteiger partial charge < -0.3 is 14.8 Å². The Labute approximate surface area is 107 Å². The Morgan fingerprint density at radius 2 is 2.33 bits per heavy atom. The maximum absolute atomic E-state index is 11.5. The molecule has 6 heteroatoms. The number of nitrogens with zero attached hydrogens (tertiary/aromatic N) is 1. The van der Waals surface area contributed by atoms with Crippen LogP contribution in [0.5, 0.6) is 0 Å². The van der Waals surface area contributed by atoms with Crippen molar-refractivity contribution >= 4 is 12.2 Å². The highest BCUT2D eigenvalue weighted by Gasteiger charge is 2.28. The zero-order valence-electron chi connectivity index (χ0n) is 11.1. The molecule has 1 saturated heterocycles. The second-order valence-electron chi connectivity index (χ2n) is 4.99. The molecule has 1 rings (SSSR count). The third-order valence-electron chi connectivity index (χ3n) is 2.32. The third kappa shape index (κ3) is 4.27. The lowest BCUT2D eigenvalue weighted by molar-refractivity contribution is 0.0517. The maximum atomic E-state index is 11.5. The van der Waals surface area contributed by atoms with Crippen molar-refractivity contribution in [1.29, 1.82) is 0 Å². The van der Waals surface area contributed by atoms with Crippen molar-refractivity contribution in [2.24, 2.45) is 0 Å². The molecule has 1 unspecified atom stereocenters. The van der Waals surface area contributed by atoms with Gasteiger partial charge in [0.05, 0.1) is 12.6 Å². The van der Waals surface area contributed by atoms with Gasteiger partial charge in [0.25, 0.3) is 0 Å². The first-order valence-corrected chi connectivity index (χ1v) is 5.86. The molecule has 2 amide bonds. The molecule has 0 aromatic carbocycles. The zero-order chi connectivity index (χ0) is 13.8. The average Bonchev–Trinajstić information content (AvgIpc) is 2.63. The number of ether oxygens (including phenoxy) is 2. The number of hydrogen-bond donors (Lipinski definition) is 1. The van der Waals surface area contributed by atoms with Gasteiger partial charge in [0.15, 0.2) is 0 Å². The summed E-state index contributed by atoms with van der Waals surface area (Å²) in [5.74, 6) is 0. The van der Waals surface area contributed by atoms with Crippen molar-refractivity contribution in [2.45, 2.75) is 32.4 Å². The highest BCUT2D eigenvalue weighted by molar-refractivity contribution is 5.71. The van der Waals surface area contributed by atoms with Crippen LogP contribution in [-0.4, -0.2) is 48.4 Å². The Bertz CT molecular complexity index is 335. The molecule has 0 saturated carbocycles. The molecular weight excluding hydrogens is 236 g/mol. The van der Waals surface area contributed by atoms with E-state index in [1.807, 2.05) is 0 Å². The lowest BCUT2D eigenvalue weighted by Crippen LogP contribution is -2.44. The number of amides is 2. The van der Waals surface area contributed by atoms with Crippen molar-refractivity contribution in [3.8, 4) is 0 Å². The molecule has 1 aliphatic rings. The second-order valence-corrected chi connectivity index (χ2v) is 4.99. The minimum atomic E-state index is -0.541. The van der Waals surface area contributed by atoms with E-state index in [0.29, 0.717) is 13.2 Å². The van der Waals surface area contributed by atoms with Crippen molar-refractivity contribution in [1.82, 2.24) is 10.2 Å². The van der Waals surface area contributed by atoms with Crippen molar-refractivity contribution in [3.05, 3.63) is 12.7 Å². The van der Waals surface area contributed by atoms with Crippen LogP contribution in [0, 0.1) is 0 Å². The molecule has 1 atom stereocenters. The van der Waals surface area contributed by atoms with E-state index in [-0.39, 0.29) is 18.7 Å². The molecule has 0 aliphatic carbocycles. The van der Waals surface area contributed by atoms with Crippen molar-refractivity contribution in [2.75, 3.05) is 19.7 Å². The van der Waals surface area contributed by atoms with E-state index in [4.69, 9.17) is 9.47 Å². The van der Waals surface area contributed by atoms with Gasteiger partial charge in [-0.1, -0.05) is 6.08 Å². The Morgan fingerprint density at radius 3 is 2.78 bits per heavy atom. The fourth-order valence-electron chi connectivity index (χ4n) is 1.53. The minimum absolute atomic E-state index is 0.257. The van der Waals surface area contributed by atoms with Crippen LogP contribution in [0.4, 0.5) is 9.59 Å². The van der Waals surface area contributed by atoms with Crippen LogP contribution in [0.15, 0.2) is 12.7 Å². The van der Waals surface area contributed by atoms with Gasteiger partial charge >= 0.3 is 12.2 Å². The van der Waals surface area contributed by atoms with E-state index in [1.165, 1.54) is 4.90 Å². The molecule has 0 radical (unpaired) electrons. The topological polar surface area (TPSA) is 67.9 Å². The van der Waals surface area contributed by atoms with Gasteiger partial charge in [0.1, 0.15) is 12.2 Å². The minimum Gasteiger partial charge on any atom is -0.448 e. The lowest BCUT2D eigenvalue weighted by atomic mass is 10.2. The smallest absolute Gasteiger partial charge is 0.410 e. The predicted molar refractivity (Wildman–Crippen MR) is 66.3 cm³/mol. The lowest BCUT2D eigenvalue weighted by Gasteiger charge is -2.24. The van der Waals surface area contributed by atoms with E-state index < -0.39 is 11.7 Å². The monoisotopic (exact) mass is 256 g/mol. The standard InChI is InChI=1S/C12H20N2O4/c1-5-9(14-6-7-17-11(14)16)8-13-10(15)18-12(2,3)4/h5,9H,1,6-8H2,2-4H3,(H,13,15). The summed E-state index contributed by atoms with van der Waals surface area (Å²) in [6.07, 6.45) is 0.706. The van der Waals surface area contributed by atoms with Gasteiger partial charge in [0, 0.05) is 6.54 Å². The molecule has 6 nitrogen and oxygen atoms in total. The summed E-state index contributed by atoms with van der Waals surface area (Å²) in [5, 5.41) is 2.61. The summed E-state index contributed by atoms with van der Waals surface area (Å²) in [6, 6.07) is -0.285. The Hall–Kier alpha value is -1.72. The highest BCUT2D eigenvalue weighted by Crippen LogP contribution is 2.10. The van der Waals surface area contributed by atoms with Gasteiger partial charge in [-0.2, -0.15) is 0 Å². The molecule has 18 heavy (non-hydrogen) atoms. The first-order valence-electron chi connectivity index (χ1n) is 5.86. The molecule has 0 bridgehead atoms. The molecule has 1 heterocycles. The molecule has 102 valence electrons. The first kappa shape index (κ1) is 14.3. The highest BCUT2D eigenvalue weighted by atomic mass is 16.6. The first-order chi connectivity index (χ1) is 8.33. The number of cyclic esters (lactones) is 1. The van der Waals surface area contributed by atoms with E-state index in [9.17, 15) is 9.59 Å². The maximum Gasteiger partial charge on any atom is 0.410 e. The molecular formula is C12H20N2O4. The fourth-order valence-corrected chi connectivity index (χ4v) is 1.53. The summed E-state index contributed by atoms with van der Waals surface area (Å²) in [6.45, 7) is 10.1. The van der Waals surface area contributed by atoms with E-state index >= 15 is 0 Å². The quantitative estimate of drug-likeness (QED) is 0.774. The Balaban J connectivity index is 2.42. The fraction of sp³-hybridized carbons (Fsp3) is 0.667. The average molecular weight is 256 g/mol. The van der Waals surface area contributed by atoms with E-state index in [0.717, 1.165) is 0 Å². The van der Waals surface area contributed by atoms with Crippen LogP contribution in [0.25, 0.3) is 0 Å². The van der Waals surface area contributed by atoms with Gasteiger partial charge in [-0.25, -0.2) is 9.59 Å². The van der Waals surface area contributed by atoms with Crippen LogP contribution >= 0.6 is 0 Å². The van der Waals surface area contributed by atoms with Crippen LogP contribution in [0.1, 0.15) is 20.8 Å². The molecule has 0 aromatic rings. The second kappa shape index (κ2) is 5.75. The molecule has 1 aliphatic heterocycles. The number of rotatable bonds is 4. The summed E-state index contributed by atoms with van der Waals surface area (Å²) in [7, 11) is 0. The normalized spacial score (nSPS) is 17.1. The molecule has 0 spiro atoms. The van der Waals surface area contributed by atoms with Gasteiger partial charge in [-0.15, -0.1) is 6.58 Å². The summed E-state index contributed by atoms with van der Waals surface area (Å²) in [4.78, 5) is 24.4. The Kier molecular flexibility index (Phi) is 4.58. The third-order valence-corrected chi connectivity index (χ3v) is 2.32. The van der Waals surface area contributed by atoms with Crippen molar-refractivity contribution in [3.63, 3.8) is 0 Å². The molecule has 0 aromatic heterocycles. The van der Waals surface area contributed by atoms with Crippen LogP contribution < -0.4 is 5.32 Å². The largest absolute Gasteiger partial charge is 0.448 e. The number of alkyl carbamates (subject to hydrolysis) is 1. The summed E-state index contributed by atoms with van der Waals surface area (Å²) in [5.41, 5.74) is -0.541. The zero-order valence-corrected chi connectivity index (χ0v) is 11.1. The van der Waals surface area contributed by atoms with E-state index in [1.54, 1.807) is 26.8 Å².